The van der Waals surface area contributed by atoms with Crippen LogP contribution in [0.2, 0.25) is 0 Å². The fourth-order valence-electron chi connectivity index (χ4n) is 5.42. The number of aromatic nitrogens is 3. The standard InChI is InChI=1S/C24H37N5O.2ClH/c1-18(2)17-29-21(27-20-7-6-12-26-23(20)29)15-24(10-4-5-11-24)16-22(30)28(3)19-8-13-25-14-9-19;;/h6-7,12,18-19,25H,4-5,8-11,13-17H2,1-3H3;2*1H. The van der Waals surface area contributed by atoms with E-state index in [2.05, 4.69) is 34.8 Å². The summed E-state index contributed by atoms with van der Waals surface area (Å²) in [7, 11) is 2.01. The lowest BCUT2D eigenvalue weighted by molar-refractivity contribution is -0.135. The number of nitrogens with one attached hydrogen (secondary N) is 1. The monoisotopic (exact) mass is 483 g/mol. The van der Waals surface area contributed by atoms with E-state index in [1.807, 2.05) is 24.2 Å². The molecule has 0 spiro atoms. The highest BCUT2D eigenvalue weighted by Gasteiger charge is 2.39. The zero-order chi connectivity index (χ0) is 21.1. The molecule has 1 N–H and O–H groups in total. The smallest absolute Gasteiger partial charge is 0.223 e. The summed E-state index contributed by atoms with van der Waals surface area (Å²) in [6.45, 7) is 7.42. The maximum Gasteiger partial charge on any atom is 0.223 e. The molecule has 1 aliphatic heterocycles. The van der Waals surface area contributed by atoms with E-state index < -0.39 is 0 Å². The molecule has 4 rings (SSSR count). The minimum absolute atomic E-state index is 0. The number of rotatable bonds is 7. The Hall–Kier alpha value is -1.37. The molecule has 0 bridgehead atoms. The molecule has 0 atom stereocenters. The van der Waals surface area contributed by atoms with Gasteiger partial charge in [-0.2, -0.15) is 0 Å². The van der Waals surface area contributed by atoms with Crippen LogP contribution >= 0.6 is 24.8 Å². The molecule has 2 aliphatic rings. The fourth-order valence-corrected chi connectivity index (χ4v) is 5.42. The number of imidazole rings is 1. The first-order valence-corrected chi connectivity index (χ1v) is 11.7. The van der Waals surface area contributed by atoms with Gasteiger partial charge in [-0.1, -0.05) is 26.7 Å². The second-order valence-corrected chi connectivity index (χ2v) is 9.93. The highest BCUT2D eigenvalue weighted by atomic mass is 35.5. The van der Waals surface area contributed by atoms with Gasteiger partial charge in [0, 0.05) is 38.7 Å². The average Bonchev–Trinajstić information content (AvgIpc) is 3.33. The first-order valence-electron chi connectivity index (χ1n) is 11.7. The molecule has 3 heterocycles. The Bertz CT molecular complexity index is 872. The Balaban J connectivity index is 0.00000181. The molecule has 0 unspecified atom stereocenters. The zero-order valence-electron chi connectivity index (χ0n) is 19.7. The molecule has 1 aliphatic carbocycles. The van der Waals surface area contributed by atoms with Crippen molar-refractivity contribution in [2.24, 2.45) is 11.3 Å². The van der Waals surface area contributed by atoms with Crippen LogP contribution in [-0.2, 0) is 17.8 Å². The largest absolute Gasteiger partial charge is 0.343 e. The second kappa shape index (κ2) is 11.7. The number of nitrogens with zero attached hydrogens (tertiary/aromatic N) is 4. The van der Waals surface area contributed by atoms with Crippen LogP contribution in [0.25, 0.3) is 11.2 Å². The Labute approximate surface area is 204 Å². The van der Waals surface area contributed by atoms with Crippen LogP contribution in [-0.4, -0.2) is 51.5 Å². The number of hydrogen-bond acceptors (Lipinski definition) is 4. The summed E-state index contributed by atoms with van der Waals surface area (Å²) in [6.07, 6.45) is 10.2. The van der Waals surface area contributed by atoms with E-state index in [9.17, 15) is 4.79 Å². The van der Waals surface area contributed by atoms with Crippen molar-refractivity contribution in [1.82, 2.24) is 24.8 Å². The van der Waals surface area contributed by atoms with Crippen molar-refractivity contribution in [2.75, 3.05) is 20.1 Å². The molecule has 0 aromatic carbocycles. The summed E-state index contributed by atoms with van der Waals surface area (Å²) in [6, 6.07) is 4.40. The van der Waals surface area contributed by atoms with Crippen molar-refractivity contribution < 1.29 is 4.79 Å². The van der Waals surface area contributed by atoms with Crippen LogP contribution in [0.1, 0.15) is 64.6 Å². The summed E-state index contributed by atoms with van der Waals surface area (Å²) >= 11 is 0. The number of hydrogen-bond donors (Lipinski definition) is 1. The summed E-state index contributed by atoms with van der Waals surface area (Å²) in [5, 5.41) is 3.40. The van der Waals surface area contributed by atoms with Crippen molar-refractivity contribution in [1.29, 1.82) is 0 Å². The molecule has 2 aromatic heterocycles. The van der Waals surface area contributed by atoms with Crippen molar-refractivity contribution in [3.05, 3.63) is 24.2 Å². The number of carbonyl (C=O) groups excluding carboxylic acids is 1. The number of amides is 1. The van der Waals surface area contributed by atoms with Gasteiger partial charge in [0.15, 0.2) is 5.65 Å². The van der Waals surface area contributed by atoms with E-state index in [1.54, 1.807) is 0 Å². The van der Waals surface area contributed by atoms with E-state index in [0.29, 0.717) is 24.3 Å². The number of pyridine rings is 1. The first-order chi connectivity index (χ1) is 14.5. The summed E-state index contributed by atoms with van der Waals surface area (Å²) in [5.41, 5.74) is 1.99. The lowest BCUT2D eigenvalue weighted by atomic mass is 9.78. The highest BCUT2D eigenvalue weighted by Crippen LogP contribution is 2.44. The Kier molecular flexibility index (Phi) is 9.80. The molecule has 6 nitrogen and oxygen atoms in total. The SMILES string of the molecule is CC(C)Cn1c(CC2(CC(=O)N(C)C3CCNCC3)CCCC2)nc2cccnc21.Cl.Cl. The van der Waals surface area contributed by atoms with Crippen LogP contribution in [0.4, 0.5) is 0 Å². The molecule has 8 heteroatoms. The molecular formula is C24H39Cl2N5O. The molecule has 1 saturated carbocycles. The molecule has 2 aromatic rings. The third-order valence-electron chi connectivity index (χ3n) is 7.10. The third-order valence-corrected chi connectivity index (χ3v) is 7.10. The summed E-state index contributed by atoms with van der Waals surface area (Å²) < 4.78 is 2.31. The molecule has 180 valence electrons. The molecule has 1 amide bonds. The highest BCUT2D eigenvalue weighted by molar-refractivity contribution is 5.85. The van der Waals surface area contributed by atoms with Crippen molar-refractivity contribution in [2.45, 2.75) is 77.8 Å². The fraction of sp³-hybridized carbons (Fsp3) is 0.708. The maximum absolute atomic E-state index is 13.3. The van der Waals surface area contributed by atoms with Gasteiger partial charge >= 0.3 is 0 Å². The van der Waals surface area contributed by atoms with Gasteiger partial charge in [-0.3, -0.25) is 4.79 Å². The lowest BCUT2D eigenvalue weighted by Gasteiger charge is -2.35. The van der Waals surface area contributed by atoms with Gasteiger partial charge in [-0.25, -0.2) is 9.97 Å². The summed E-state index contributed by atoms with van der Waals surface area (Å²) in [5.74, 6) is 1.94. The van der Waals surface area contributed by atoms with Gasteiger partial charge < -0.3 is 14.8 Å². The number of fused-ring (bicyclic) bond motifs is 1. The summed E-state index contributed by atoms with van der Waals surface area (Å²) in [4.78, 5) is 24.9. The predicted molar refractivity (Wildman–Crippen MR) is 135 cm³/mol. The number of carbonyl (C=O) groups is 1. The predicted octanol–water partition coefficient (Wildman–Crippen LogP) is 4.63. The van der Waals surface area contributed by atoms with E-state index in [4.69, 9.17) is 4.98 Å². The zero-order valence-corrected chi connectivity index (χ0v) is 21.3. The van der Waals surface area contributed by atoms with Gasteiger partial charge in [0.25, 0.3) is 0 Å². The second-order valence-electron chi connectivity index (χ2n) is 9.93. The maximum atomic E-state index is 13.3. The van der Waals surface area contributed by atoms with E-state index in [-0.39, 0.29) is 30.2 Å². The van der Waals surface area contributed by atoms with Crippen LogP contribution in [0.5, 0.6) is 0 Å². The topological polar surface area (TPSA) is 63.1 Å². The normalized spacial score (nSPS) is 18.4. The minimum Gasteiger partial charge on any atom is -0.343 e. The minimum atomic E-state index is 0. The molecule has 32 heavy (non-hydrogen) atoms. The van der Waals surface area contributed by atoms with Gasteiger partial charge in [0.2, 0.25) is 5.91 Å². The van der Waals surface area contributed by atoms with Crippen molar-refractivity contribution in [3.8, 4) is 0 Å². The lowest BCUT2D eigenvalue weighted by Crippen LogP contribution is -2.45. The Morgan fingerprint density at radius 2 is 1.94 bits per heavy atom. The van der Waals surface area contributed by atoms with Gasteiger partial charge in [-0.05, 0) is 62.2 Å². The number of halogens is 2. The van der Waals surface area contributed by atoms with Gasteiger partial charge in [-0.15, -0.1) is 24.8 Å². The van der Waals surface area contributed by atoms with Crippen LogP contribution in [0.3, 0.4) is 0 Å². The molecular weight excluding hydrogens is 445 g/mol. The van der Waals surface area contributed by atoms with Gasteiger partial charge in [0.05, 0.1) is 0 Å². The Morgan fingerprint density at radius 3 is 2.59 bits per heavy atom. The molecule has 2 fully saturated rings. The van der Waals surface area contributed by atoms with Crippen LogP contribution in [0, 0.1) is 11.3 Å². The Morgan fingerprint density at radius 1 is 1.25 bits per heavy atom. The average molecular weight is 485 g/mol. The quantitative estimate of drug-likeness (QED) is 0.622. The third kappa shape index (κ3) is 5.95. The van der Waals surface area contributed by atoms with Crippen LogP contribution in [0.15, 0.2) is 18.3 Å². The van der Waals surface area contributed by atoms with E-state index in [0.717, 1.165) is 68.7 Å². The van der Waals surface area contributed by atoms with E-state index in [1.165, 1.54) is 12.8 Å². The van der Waals surface area contributed by atoms with E-state index >= 15 is 0 Å². The van der Waals surface area contributed by atoms with Crippen molar-refractivity contribution >= 4 is 41.9 Å². The molecule has 0 radical (unpaired) electrons. The van der Waals surface area contributed by atoms with Gasteiger partial charge in [0.1, 0.15) is 11.3 Å². The molecule has 1 saturated heterocycles. The van der Waals surface area contributed by atoms with Crippen LogP contribution < -0.4 is 5.32 Å². The number of piperidine rings is 1. The van der Waals surface area contributed by atoms with Crippen molar-refractivity contribution in [3.63, 3.8) is 0 Å². The first kappa shape index (κ1) is 26.9.